The van der Waals surface area contributed by atoms with E-state index in [4.69, 9.17) is 13.9 Å². The van der Waals surface area contributed by atoms with Gasteiger partial charge in [0.15, 0.2) is 8.32 Å². The fourth-order valence-corrected chi connectivity index (χ4v) is 4.70. The monoisotopic (exact) mass is 418 g/mol. The van der Waals surface area contributed by atoms with Crippen LogP contribution >= 0.6 is 0 Å². The molecule has 29 heavy (non-hydrogen) atoms. The lowest BCUT2D eigenvalue weighted by molar-refractivity contribution is -0.121. The molecule has 1 aromatic rings. The Hall–Kier alpha value is -1.59. The minimum atomic E-state index is -1.74. The van der Waals surface area contributed by atoms with Gasteiger partial charge in [0.1, 0.15) is 17.3 Å². The van der Waals surface area contributed by atoms with Crippen molar-refractivity contribution < 1.29 is 18.7 Å². The van der Waals surface area contributed by atoms with Gasteiger partial charge in [-0.15, -0.1) is 0 Å². The highest BCUT2D eigenvalue weighted by molar-refractivity contribution is 6.74. The van der Waals surface area contributed by atoms with Crippen LogP contribution in [0.3, 0.4) is 0 Å². The van der Waals surface area contributed by atoms with E-state index >= 15 is 0 Å². The Labute approximate surface area is 177 Å². The Bertz CT molecular complexity index is 718. The molecule has 1 aliphatic rings. The van der Waals surface area contributed by atoms with E-state index in [-0.39, 0.29) is 22.7 Å². The fourth-order valence-electron chi connectivity index (χ4n) is 3.61. The summed E-state index contributed by atoms with van der Waals surface area (Å²) in [6.07, 6.45) is 7.61. The van der Waals surface area contributed by atoms with E-state index in [2.05, 4.69) is 46.0 Å². The zero-order valence-electron chi connectivity index (χ0n) is 19.2. The molecular formula is C24H38O4Si. The molecule has 0 saturated carbocycles. The second-order valence-electron chi connectivity index (χ2n) is 9.43. The molecule has 0 fully saturated rings. The topological polar surface area (TPSA) is 44.8 Å². The first-order valence-electron chi connectivity index (χ1n) is 10.7. The van der Waals surface area contributed by atoms with Crippen molar-refractivity contribution in [2.45, 2.75) is 70.5 Å². The highest BCUT2D eigenvalue weighted by Gasteiger charge is 2.37. The molecule has 5 heteroatoms. The third-order valence-corrected chi connectivity index (χ3v) is 11.0. The molecule has 0 aliphatic heterocycles. The van der Waals surface area contributed by atoms with Crippen LogP contribution in [0.25, 0.3) is 0 Å². The normalized spacial score (nSPS) is 20.4. The lowest BCUT2D eigenvalue weighted by atomic mass is 9.80. The largest absolute Gasteiger partial charge is 0.497 e. The van der Waals surface area contributed by atoms with E-state index in [1.165, 1.54) is 0 Å². The molecule has 162 valence electrons. The third kappa shape index (κ3) is 5.95. The number of hydrogen-bond donors (Lipinski definition) is 0. The van der Waals surface area contributed by atoms with Crippen LogP contribution in [0.1, 0.15) is 57.9 Å². The standard InChI is InChI=1S/C24H38O4Si/c1-24(2,3)29(6,7)28-16-10-12-18-11-8-9-13-21(25)23(18)20-17-19(26-4)14-15-22(20)27-5/h8,11,14-15,17-18,23H,9-10,12-13,16H2,1-7H3/t18-,23+/m0/s1. The summed E-state index contributed by atoms with van der Waals surface area (Å²) in [5, 5.41) is 0.210. The number of benzene rings is 1. The molecular weight excluding hydrogens is 380 g/mol. The van der Waals surface area contributed by atoms with E-state index in [0.717, 1.165) is 42.9 Å². The minimum Gasteiger partial charge on any atom is -0.497 e. The summed E-state index contributed by atoms with van der Waals surface area (Å²) < 4.78 is 17.4. The average molecular weight is 419 g/mol. The molecule has 1 aliphatic carbocycles. The summed E-state index contributed by atoms with van der Waals surface area (Å²) in [5.74, 6) is 1.72. The quantitative estimate of drug-likeness (QED) is 0.290. The van der Waals surface area contributed by atoms with Crippen LogP contribution < -0.4 is 9.47 Å². The van der Waals surface area contributed by atoms with Crippen molar-refractivity contribution in [3.63, 3.8) is 0 Å². The van der Waals surface area contributed by atoms with Gasteiger partial charge in [-0.1, -0.05) is 32.9 Å². The van der Waals surface area contributed by atoms with Gasteiger partial charge in [-0.25, -0.2) is 0 Å². The second kappa shape index (κ2) is 9.94. The van der Waals surface area contributed by atoms with Crippen molar-refractivity contribution in [1.29, 1.82) is 0 Å². The van der Waals surface area contributed by atoms with Crippen LogP contribution in [0.5, 0.6) is 11.5 Å². The number of ether oxygens (including phenoxy) is 2. The molecule has 1 aromatic carbocycles. The van der Waals surface area contributed by atoms with Gasteiger partial charge in [0, 0.05) is 18.6 Å². The number of carbonyl (C=O) groups excluding carboxylic acids is 1. The van der Waals surface area contributed by atoms with Crippen molar-refractivity contribution >= 4 is 14.1 Å². The Morgan fingerprint density at radius 3 is 2.48 bits per heavy atom. The van der Waals surface area contributed by atoms with Crippen molar-refractivity contribution in [2.75, 3.05) is 20.8 Å². The molecule has 0 radical (unpaired) electrons. The van der Waals surface area contributed by atoms with Crippen molar-refractivity contribution in [2.24, 2.45) is 5.92 Å². The van der Waals surface area contributed by atoms with E-state index < -0.39 is 8.32 Å². The van der Waals surface area contributed by atoms with Crippen molar-refractivity contribution in [1.82, 2.24) is 0 Å². The molecule has 0 heterocycles. The van der Waals surface area contributed by atoms with Crippen LogP contribution in [-0.2, 0) is 9.22 Å². The summed E-state index contributed by atoms with van der Waals surface area (Å²) in [6, 6.07) is 5.73. The van der Waals surface area contributed by atoms with Crippen molar-refractivity contribution in [3.05, 3.63) is 35.9 Å². The Morgan fingerprint density at radius 1 is 1.14 bits per heavy atom. The Kier molecular flexibility index (Phi) is 8.12. The summed E-state index contributed by atoms with van der Waals surface area (Å²) in [6.45, 7) is 12.1. The summed E-state index contributed by atoms with van der Waals surface area (Å²) in [5.41, 5.74) is 0.929. The van der Waals surface area contributed by atoms with Gasteiger partial charge in [-0.05, 0) is 61.5 Å². The Balaban J connectivity index is 2.18. The molecule has 2 atom stereocenters. The van der Waals surface area contributed by atoms with Gasteiger partial charge in [0.05, 0.1) is 20.1 Å². The molecule has 0 amide bonds. The van der Waals surface area contributed by atoms with E-state index in [1.54, 1.807) is 14.2 Å². The van der Waals surface area contributed by atoms with Crippen LogP contribution in [0, 0.1) is 5.92 Å². The highest BCUT2D eigenvalue weighted by Crippen LogP contribution is 2.40. The number of hydrogen-bond acceptors (Lipinski definition) is 4. The highest BCUT2D eigenvalue weighted by atomic mass is 28.4. The number of ketones is 1. The maximum absolute atomic E-state index is 13.1. The smallest absolute Gasteiger partial charge is 0.191 e. The molecule has 0 saturated heterocycles. The Morgan fingerprint density at radius 2 is 1.86 bits per heavy atom. The molecule has 0 N–H and O–H groups in total. The van der Waals surface area contributed by atoms with Gasteiger partial charge in [0.25, 0.3) is 0 Å². The lowest BCUT2D eigenvalue weighted by Crippen LogP contribution is -2.41. The van der Waals surface area contributed by atoms with Crippen LogP contribution in [0.15, 0.2) is 30.4 Å². The fraction of sp³-hybridized carbons (Fsp3) is 0.625. The number of Topliss-reactive ketones (excluding diaryl/α,β-unsaturated/α-hetero) is 1. The zero-order chi connectivity index (χ0) is 21.7. The lowest BCUT2D eigenvalue weighted by Gasteiger charge is -2.36. The van der Waals surface area contributed by atoms with E-state index in [1.807, 2.05) is 18.2 Å². The van der Waals surface area contributed by atoms with Crippen molar-refractivity contribution in [3.8, 4) is 11.5 Å². The SMILES string of the molecule is COc1ccc(OC)c([C@@H]2C(=O)CCC=C[C@H]2CCCO[Si](C)(C)C(C)(C)C)c1. The number of allylic oxidation sites excluding steroid dienone is 2. The summed E-state index contributed by atoms with van der Waals surface area (Å²) >= 11 is 0. The number of carbonyl (C=O) groups is 1. The van der Waals surface area contributed by atoms with Crippen LogP contribution in [0.2, 0.25) is 18.1 Å². The van der Waals surface area contributed by atoms with Gasteiger partial charge in [-0.3, -0.25) is 4.79 Å². The maximum atomic E-state index is 13.1. The van der Waals surface area contributed by atoms with E-state index in [9.17, 15) is 4.79 Å². The predicted octanol–water partition coefficient (Wildman–Crippen LogP) is 6.12. The first-order chi connectivity index (χ1) is 13.6. The number of methoxy groups -OCH3 is 2. The first kappa shape index (κ1) is 23.7. The second-order valence-corrected chi connectivity index (χ2v) is 14.2. The van der Waals surface area contributed by atoms with Gasteiger partial charge in [-0.2, -0.15) is 0 Å². The van der Waals surface area contributed by atoms with Crippen LogP contribution in [-0.4, -0.2) is 34.9 Å². The third-order valence-electron chi connectivity index (χ3n) is 6.44. The summed E-state index contributed by atoms with van der Waals surface area (Å²) in [7, 11) is 1.56. The maximum Gasteiger partial charge on any atom is 0.191 e. The van der Waals surface area contributed by atoms with Gasteiger partial charge >= 0.3 is 0 Å². The van der Waals surface area contributed by atoms with E-state index in [0.29, 0.717) is 6.42 Å². The average Bonchev–Trinajstić information content (AvgIpc) is 2.84. The van der Waals surface area contributed by atoms with Gasteiger partial charge in [0.2, 0.25) is 0 Å². The first-order valence-corrected chi connectivity index (χ1v) is 13.6. The molecule has 0 spiro atoms. The van der Waals surface area contributed by atoms with Gasteiger partial charge < -0.3 is 13.9 Å². The molecule has 4 nitrogen and oxygen atoms in total. The minimum absolute atomic E-state index is 0.147. The molecule has 0 aromatic heterocycles. The molecule has 0 bridgehead atoms. The number of rotatable bonds is 8. The molecule has 0 unspecified atom stereocenters. The summed E-state index contributed by atoms with van der Waals surface area (Å²) in [4.78, 5) is 13.1. The predicted molar refractivity (Wildman–Crippen MR) is 122 cm³/mol. The zero-order valence-corrected chi connectivity index (χ0v) is 20.2. The van der Waals surface area contributed by atoms with Crippen LogP contribution in [0.4, 0.5) is 0 Å². The molecule has 2 rings (SSSR count).